The first-order valence-electron chi connectivity index (χ1n) is 9.35. The molecule has 0 aliphatic carbocycles. The third kappa shape index (κ3) is 5.52. The Morgan fingerprint density at radius 1 is 1.17 bits per heavy atom. The highest BCUT2D eigenvalue weighted by molar-refractivity contribution is 8.15. The maximum atomic E-state index is 12.7. The predicted octanol–water partition coefficient (Wildman–Crippen LogP) is 4.72. The van der Waals surface area contributed by atoms with Crippen LogP contribution in [-0.4, -0.2) is 40.3 Å². The van der Waals surface area contributed by atoms with E-state index in [4.69, 9.17) is 16.3 Å². The number of aliphatic imine (C=N–C) groups is 1. The summed E-state index contributed by atoms with van der Waals surface area (Å²) in [6.07, 6.45) is 0.0762. The van der Waals surface area contributed by atoms with E-state index >= 15 is 0 Å². The van der Waals surface area contributed by atoms with Gasteiger partial charge in [0.05, 0.1) is 12.3 Å². The lowest BCUT2D eigenvalue weighted by Crippen LogP contribution is -2.33. The number of ether oxygens (including phenoxy) is 1. The maximum absolute atomic E-state index is 12.7. The van der Waals surface area contributed by atoms with Gasteiger partial charge in [-0.2, -0.15) is 0 Å². The van der Waals surface area contributed by atoms with Gasteiger partial charge in [-0.25, -0.2) is 4.99 Å². The first kappa shape index (κ1) is 21.2. The van der Waals surface area contributed by atoms with E-state index in [1.54, 1.807) is 53.4 Å². The highest BCUT2D eigenvalue weighted by Crippen LogP contribution is 2.32. The van der Waals surface area contributed by atoms with Crippen LogP contribution < -0.4 is 10.1 Å². The molecule has 0 aromatic heterocycles. The molecule has 0 unspecified atom stereocenters. The highest BCUT2D eigenvalue weighted by atomic mass is 35.5. The Labute approximate surface area is 179 Å². The van der Waals surface area contributed by atoms with Gasteiger partial charge in [0, 0.05) is 23.7 Å². The van der Waals surface area contributed by atoms with Crippen molar-refractivity contribution in [2.24, 2.45) is 4.99 Å². The van der Waals surface area contributed by atoms with Crippen LogP contribution in [0.25, 0.3) is 0 Å². The second-order valence-corrected chi connectivity index (χ2v) is 7.88. The average Bonchev–Trinajstić information content (AvgIpc) is 2.99. The van der Waals surface area contributed by atoms with E-state index in [9.17, 15) is 9.59 Å². The van der Waals surface area contributed by atoms with Gasteiger partial charge in [0.25, 0.3) is 0 Å². The quantitative estimate of drug-likeness (QED) is 0.688. The SMILES string of the molecule is CCOc1ccc(NC(=O)C[C@@H]2SC(=Nc3ccc(Cl)cc3)N(CC)C2=O)cc1. The topological polar surface area (TPSA) is 71.0 Å². The van der Waals surface area contributed by atoms with Crippen molar-refractivity contribution in [1.82, 2.24) is 4.90 Å². The second-order valence-electron chi connectivity index (χ2n) is 6.27. The lowest BCUT2D eigenvalue weighted by molar-refractivity contribution is -0.128. The van der Waals surface area contributed by atoms with Crippen molar-refractivity contribution in [3.63, 3.8) is 0 Å². The van der Waals surface area contributed by atoms with Crippen molar-refractivity contribution >= 4 is 51.7 Å². The summed E-state index contributed by atoms with van der Waals surface area (Å²) in [4.78, 5) is 31.3. The molecule has 2 aromatic rings. The van der Waals surface area contributed by atoms with Crippen molar-refractivity contribution in [3.8, 4) is 5.75 Å². The van der Waals surface area contributed by atoms with Crippen molar-refractivity contribution < 1.29 is 14.3 Å². The van der Waals surface area contributed by atoms with Gasteiger partial charge in [-0.05, 0) is 62.4 Å². The summed E-state index contributed by atoms with van der Waals surface area (Å²) in [6.45, 7) is 4.88. The standard InChI is InChI=1S/C21H22ClN3O3S/c1-3-25-20(27)18(29-21(25)24-16-7-5-14(22)6-8-16)13-19(26)23-15-9-11-17(12-10-15)28-4-2/h5-12,18H,3-4,13H2,1-2H3,(H,23,26)/t18-/m0/s1. The van der Waals surface area contributed by atoms with Gasteiger partial charge in [-0.1, -0.05) is 23.4 Å². The van der Waals surface area contributed by atoms with Crippen molar-refractivity contribution in [3.05, 3.63) is 53.6 Å². The fourth-order valence-electron chi connectivity index (χ4n) is 2.82. The fraction of sp³-hybridized carbons (Fsp3) is 0.286. The number of carbonyl (C=O) groups excluding carboxylic acids is 2. The number of amidine groups is 1. The zero-order chi connectivity index (χ0) is 20.8. The van der Waals surface area contributed by atoms with Gasteiger partial charge < -0.3 is 10.1 Å². The minimum absolute atomic E-state index is 0.0762. The van der Waals surface area contributed by atoms with Crippen LogP contribution in [-0.2, 0) is 9.59 Å². The molecule has 8 heteroatoms. The van der Waals surface area contributed by atoms with Gasteiger partial charge in [0.2, 0.25) is 11.8 Å². The van der Waals surface area contributed by atoms with E-state index in [-0.39, 0.29) is 18.2 Å². The van der Waals surface area contributed by atoms with Crippen LogP contribution in [0.4, 0.5) is 11.4 Å². The molecular weight excluding hydrogens is 410 g/mol. The van der Waals surface area contributed by atoms with E-state index in [0.717, 1.165) is 5.75 Å². The summed E-state index contributed by atoms with van der Waals surface area (Å²) in [5.74, 6) is 0.421. The summed E-state index contributed by atoms with van der Waals surface area (Å²) in [7, 11) is 0. The number of hydrogen-bond donors (Lipinski definition) is 1. The van der Waals surface area contributed by atoms with Crippen LogP contribution in [0.3, 0.4) is 0 Å². The number of thioether (sulfide) groups is 1. The number of carbonyl (C=O) groups is 2. The maximum Gasteiger partial charge on any atom is 0.242 e. The van der Waals surface area contributed by atoms with E-state index in [1.165, 1.54) is 11.8 Å². The molecule has 1 fully saturated rings. The molecule has 2 aromatic carbocycles. The number of nitrogens with one attached hydrogen (secondary N) is 1. The minimum Gasteiger partial charge on any atom is -0.494 e. The summed E-state index contributed by atoms with van der Waals surface area (Å²) in [5.41, 5.74) is 1.37. The van der Waals surface area contributed by atoms with Gasteiger partial charge in [0.1, 0.15) is 11.0 Å². The predicted molar refractivity (Wildman–Crippen MR) is 118 cm³/mol. The van der Waals surface area contributed by atoms with E-state index in [0.29, 0.717) is 34.7 Å². The van der Waals surface area contributed by atoms with Gasteiger partial charge >= 0.3 is 0 Å². The molecule has 1 heterocycles. The van der Waals surface area contributed by atoms with Crippen LogP contribution in [0.15, 0.2) is 53.5 Å². The first-order valence-corrected chi connectivity index (χ1v) is 10.6. The Morgan fingerprint density at radius 2 is 1.86 bits per heavy atom. The van der Waals surface area contributed by atoms with E-state index in [1.807, 2.05) is 13.8 Å². The van der Waals surface area contributed by atoms with Gasteiger partial charge in [-0.3, -0.25) is 14.5 Å². The van der Waals surface area contributed by atoms with Crippen molar-refractivity contribution in [2.45, 2.75) is 25.5 Å². The lowest BCUT2D eigenvalue weighted by atomic mass is 10.2. The normalized spacial score (nSPS) is 17.6. The van der Waals surface area contributed by atoms with E-state index < -0.39 is 5.25 Å². The molecule has 1 saturated heterocycles. The summed E-state index contributed by atoms with van der Waals surface area (Å²) >= 11 is 7.22. The number of benzene rings is 2. The summed E-state index contributed by atoms with van der Waals surface area (Å²) in [5, 5.41) is 3.55. The molecule has 1 aliphatic heterocycles. The van der Waals surface area contributed by atoms with Gasteiger partial charge in [0.15, 0.2) is 5.17 Å². The molecular formula is C21H22ClN3O3S. The molecule has 29 heavy (non-hydrogen) atoms. The third-order valence-electron chi connectivity index (χ3n) is 4.21. The van der Waals surface area contributed by atoms with Crippen molar-refractivity contribution in [1.29, 1.82) is 0 Å². The Hall–Kier alpha value is -2.51. The largest absolute Gasteiger partial charge is 0.494 e. The smallest absolute Gasteiger partial charge is 0.242 e. The number of halogens is 1. The molecule has 0 radical (unpaired) electrons. The third-order valence-corrected chi connectivity index (χ3v) is 5.63. The Bertz CT molecular complexity index is 900. The van der Waals surface area contributed by atoms with Crippen LogP contribution in [0.5, 0.6) is 5.75 Å². The number of nitrogens with zero attached hydrogens (tertiary/aromatic N) is 2. The van der Waals surface area contributed by atoms with E-state index in [2.05, 4.69) is 10.3 Å². The van der Waals surface area contributed by atoms with Gasteiger partial charge in [-0.15, -0.1) is 0 Å². The molecule has 152 valence electrons. The Morgan fingerprint density at radius 3 is 2.48 bits per heavy atom. The average molecular weight is 432 g/mol. The molecule has 1 atom stereocenters. The number of amides is 2. The van der Waals surface area contributed by atoms with Crippen LogP contribution in [0.2, 0.25) is 5.02 Å². The molecule has 2 amide bonds. The molecule has 6 nitrogen and oxygen atoms in total. The first-order chi connectivity index (χ1) is 14.0. The summed E-state index contributed by atoms with van der Waals surface area (Å²) in [6, 6.07) is 14.2. The highest BCUT2D eigenvalue weighted by Gasteiger charge is 2.38. The molecule has 3 rings (SSSR count). The molecule has 0 spiro atoms. The molecule has 0 bridgehead atoms. The number of anilines is 1. The Kier molecular flexibility index (Phi) is 7.17. The lowest BCUT2D eigenvalue weighted by Gasteiger charge is -2.13. The summed E-state index contributed by atoms with van der Waals surface area (Å²) < 4.78 is 5.39. The zero-order valence-electron chi connectivity index (χ0n) is 16.2. The number of rotatable bonds is 7. The van der Waals surface area contributed by atoms with Crippen LogP contribution in [0, 0.1) is 0 Å². The molecule has 1 N–H and O–H groups in total. The zero-order valence-corrected chi connectivity index (χ0v) is 17.8. The Balaban J connectivity index is 1.65. The monoisotopic (exact) mass is 431 g/mol. The fourth-order valence-corrected chi connectivity index (χ4v) is 4.17. The molecule has 1 aliphatic rings. The molecule has 0 saturated carbocycles. The van der Waals surface area contributed by atoms with Crippen molar-refractivity contribution in [2.75, 3.05) is 18.5 Å². The number of hydrogen-bond acceptors (Lipinski definition) is 5. The second kappa shape index (κ2) is 9.80. The van der Waals surface area contributed by atoms with Crippen LogP contribution >= 0.6 is 23.4 Å². The van der Waals surface area contributed by atoms with Crippen LogP contribution in [0.1, 0.15) is 20.3 Å². The minimum atomic E-state index is -0.497.